The molecule has 1 aliphatic rings. The topological polar surface area (TPSA) is 18.5 Å². The number of hydrogen-bond donors (Lipinski definition) is 0. The van der Waals surface area contributed by atoms with Crippen molar-refractivity contribution in [2.24, 2.45) is 0 Å². The zero-order chi connectivity index (χ0) is 12.8. The summed E-state index contributed by atoms with van der Waals surface area (Å²) < 4.78 is 10.9. The third-order valence-corrected chi connectivity index (χ3v) is 3.20. The van der Waals surface area contributed by atoms with E-state index < -0.39 is 0 Å². The molecule has 2 nitrogen and oxygen atoms in total. The Bertz CT molecular complexity index is 508. The molecule has 0 bridgehead atoms. The van der Waals surface area contributed by atoms with Crippen molar-refractivity contribution >= 4 is 0 Å². The van der Waals surface area contributed by atoms with Gasteiger partial charge < -0.3 is 9.47 Å². The average Bonchev–Trinajstić information content (AvgIpc) is 2.46. The van der Waals surface area contributed by atoms with Gasteiger partial charge in [-0.1, -0.05) is 29.9 Å². The van der Waals surface area contributed by atoms with Crippen LogP contribution in [-0.2, 0) is 9.47 Å². The van der Waals surface area contributed by atoms with Gasteiger partial charge in [0, 0.05) is 31.1 Å². The Morgan fingerprint density at radius 1 is 1.22 bits per heavy atom. The molecule has 1 aromatic rings. The van der Waals surface area contributed by atoms with E-state index in [2.05, 4.69) is 17.8 Å². The van der Waals surface area contributed by atoms with Gasteiger partial charge in [-0.25, -0.2) is 0 Å². The highest BCUT2D eigenvalue weighted by Gasteiger charge is 2.30. The molecule has 0 unspecified atom stereocenters. The van der Waals surface area contributed by atoms with Crippen molar-refractivity contribution in [3.05, 3.63) is 35.4 Å². The van der Waals surface area contributed by atoms with Crippen LogP contribution >= 0.6 is 0 Å². The first-order chi connectivity index (χ1) is 8.79. The van der Waals surface area contributed by atoms with Gasteiger partial charge in [0.05, 0.1) is 13.2 Å². The molecule has 0 N–H and O–H groups in total. The van der Waals surface area contributed by atoms with E-state index in [4.69, 9.17) is 15.9 Å². The minimum absolute atomic E-state index is 0.389. The Hall–Kier alpha value is -1.74. The van der Waals surface area contributed by atoms with Gasteiger partial charge >= 0.3 is 0 Å². The van der Waals surface area contributed by atoms with Crippen LogP contribution in [0.15, 0.2) is 24.3 Å². The van der Waals surface area contributed by atoms with Crippen LogP contribution in [-0.4, -0.2) is 25.9 Å². The van der Waals surface area contributed by atoms with Crippen LogP contribution in [0.2, 0.25) is 0 Å². The normalized spacial score (nSPS) is 17.3. The Morgan fingerprint density at radius 2 is 1.89 bits per heavy atom. The van der Waals surface area contributed by atoms with Crippen LogP contribution in [0, 0.1) is 24.2 Å². The zero-order valence-corrected chi connectivity index (χ0v) is 10.5. The lowest BCUT2D eigenvalue weighted by atomic mass is 9.94. The number of rotatable bonds is 1. The van der Waals surface area contributed by atoms with E-state index in [9.17, 15) is 0 Å². The molecule has 0 aliphatic carbocycles. The SMILES string of the molecule is C#Cc1ccccc1C#CC1(OC)CCOCC1. The van der Waals surface area contributed by atoms with Gasteiger partial charge in [0.2, 0.25) is 0 Å². The number of methoxy groups -OCH3 is 1. The second-order valence-electron chi connectivity index (χ2n) is 4.25. The van der Waals surface area contributed by atoms with Crippen molar-refractivity contribution in [2.45, 2.75) is 18.4 Å². The minimum atomic E-state index is -0.389. The Balaban J connectivity index is 2.27. The van der Waals surface area contributed by atoms with E-state index in [0.29, 0.717) is 13.2 Å². The van der Waals surface area contributed by atoms with Crippen LogP contribution in [0.5, 0.6) is 0 Å². The Labute approximate surface area is 108 Å². The molecular formula is C16H16O2. The first-order valence-corrected chi connectivity index (χ1v) is 6.01. The monoisotopic (exact) mass is 240 g/mol. The second-order valence-corrected chi connectivity index (χ2v) is 4.25. The lowest BCUT2D eigenvalue weighted by molar-refractivity contribution is -0.0524. The standard InChI is InChI=1S/C16H16O2/c1-3-14-6-4-5-7-15(14)8-9-16(17-2)10-12-18-13-11-16/h1,4-7H,10-13H2,2H3. The molecule has 1 aromatic carbocycles. The van der Waals surface area contributed by atoms with Crippen molar-refractivity contribution in [3.8, 4) is 24.2 Å². The van der Waals surface area contributed by atoms with Crippen molar-refractivity contribution < 1.29 is 9.47 Å². The fourth-order valence-corrected chi connectivity index (χ4v) is 1.98. The first-order valence-electron chi connectivity index (χ1n) is 6.01. The number of benzene rings is 1. The number of terminal acetylenes is 1. The minimum Gasteiger partial charge on any atom is -0.381 e. The van der Waals surface area contributed by atoms with Crippen molar-refractivity contribution in [2.75, 3.05) is 20.3 Å². The summed E-state index contributed by atoms with van der Waals surface area (Å²) in [6.07, 6.45) is 7.06. The fourth-order valence-electron chi connectivity index (χ4n) is 1.98. The summed E-state index contributed by atoms with van der Waals surface area (Å²) in [5, 5.41) is 0. The molecule has 0 spiro atoms. The molecule has 2 heteroatoms. The summed E-state index contributed by atoms with van der Waals surface area (Å²) in [6.45, 7) is 1.39. The molecule has 0 amide bonds. The van der Waals surface area contributed by atoms with Crippen LogP contribution in [0.25, 0.3) is 0 Å². The van der Waals surface area contributed by atoms with E-state index in [1.165, 1.54) is 0 Å². The van der Waals surface area contributed by atoms with Crippen LogP contribution in [0.1, 0.15) is 24.0 Å². The molecular weight excluding hydrogens is 224 g/mol. The molecule has 1 aliphatic heterocycles. The van der Waals surface area contributed by atoms with Crippen LogP contribution in [0.4, 0.5) is 0 Å². The summed E-state index contributed by atoms with van der Waals surface area (Å²) in [5.74, 6) is 9.03. The molecule has 1 fully saturated rings. The maximum absolute atomic E-state index is 5.57. The molecule has 2 rings (SSSR count). The van der Waals surface area contributed by atoms with Crippen LogP contribution in [0.3, 0.4) is 0 Å². The molecule has 18 heavy (non-hydrogen) atoms. The predicted molar refractivity (Wildman–Crippen MR) is 71.0 cm³/mol. The summed E-state index contributed by atoms with van der Waals surface area (Å²) in [7, 11) is 1.70. The van der Waals surface area contributed by atoms with Gasteiger partial charge in [-0.05, 0) is 12.1 Å². The third kappa shape index (κ3) is 2.74. The highest BCUT2D eigenvalue weighted by atomic mass is 16.5. The van der Waals surface area contributed by atoms with Gasteiger partial charge in [0.15, 0.2) is 0 Å². The van der Waals surface area contributed by atoms with Gasteiger partial charge in [-0.3, -0.25) is 0 Å². The van der Waals surface area contributed by atoms with E-state index in [1.807, 2.05) is 24.3 Å². The van der Waals surface area contributed by atoms with Gasteiger partial charge in [-0.2, -0.15) is 0 Å². The fraction of sp³-hybridized carbons (Fsp3) is 0.375. The predicted octanol–water partition coefficient (Wildman–Crippen LogP) is 2.21. The summed E-state index contributed by atoms with van der Waals surface area (Å²) in [6, 6.07) is 7.69. The maximum atomic E-state index is 5.57. The van der Waals surface area contributed by atoms with Gasteiger partial charge in [0.25, 0.3) is 0 Å². The lowest BCUT2D eigenvalue weighted by Crippen LogP contribution is -2.36. The molecule has 0 radical (unpaired) electrons. The van der Waals surface area contributed by atoms with Crippen molar-refractivity contribution in [3.63, 3.8) is 0 Å². The van der Waals surface area contributed by atoms with Gasteiger partial charge in [0.1, 0.15) is 5.60 Å². The van der Waals surface area contributed by atoms with Gasteiger partial charge in [-0.15, -0.1) is 6.42 Å². The molecule has 0 aromatic heterocycles. The number of hydrogen-bond acceptors (Lipinski definition) is 2. The highest BCUT2D eigenvalue weighted by molar-refractivity contribution is 5.49. The van der Waals surface area contributed by atoms with E-state index in [1.54, 1.807) is 7.11 Å². The lowest BCUT2D eigenvalue weighted by Gasteiger charge is -2.30. The van der Waals surface area contributed by atoms with E-state index >= 15 is 0 Å². The molecule has 92 valence electrons. The zero-order valence-electron chi connectivity index (χ0n) is 10.5. The van der Waals surface area contributed by atoms with E-state index in [-0.39, 0.29) is 5.60 Å². The maximum Gasteiger partial charge on any atom is 0.133 e. The molecule has 0 saturated carbocycles. The van der Waals surface area contributed by atoms with Crippen molar-refractivity contribution in [1.29, 1.82) is 0 Å². The number of ether oxygens (including phenoxy) is 2. The second kappa shape index (κ2) is 5.74. The quantitative estimate of drug-likeness (QED) is 0.701. The highest BCUT2D eigenvalue weighted by Crippen LogP contribution is 2.23. The summed E-state index contributed by atoms with van der Waals surface area (Å²) in [5.41, 5.74) is 1.31. The van der Waals surface area contributed by atoms with Crippen LogP contribution < -0.4 is 0 Å². The van der Waals surface area contributed by atoms with Crippen molar-refractivity contribution in [1.82, 2.24) is 0 Å². The molecule has 1 saturated heterocycles. The largest absolute Gasteiger partial charge is 0.381 e. The molecule has 1 heterocycles. The Morgan fingerprint density at radius 3 is 2.50 bits per heavy atom. The first kappa shape index (κ1) is 12.7. The Kier molecular flexibility index (Phi) is 4.05. The molecule has 0 atom stereocenters. The third-order valence-electron chi connectivity index (χ3n) is 3.20. The summed E-state index contributed by atoms with van der Waals surface area (Å²) in [4.78, 5) is 0. The average molecular weight is 240 g/mol. The smallest absolute Gasteiger partial charge is 0.133 e. The summed E-state index contributed by atoms with van der Waals surface area (Å²) >= 11 is 0. The van der Waals surface area contributed by atoms with E-state index in [0.717, 1.165) is 24.0 Å².